The number of nitrogens with one attached hydrogen (secondary N) is 1. The monoisotopic (exact) mass is 294 g/mol. The third-order valence-electron chi connectivity index (χ3n) is 3.75. The minimum absolute atomic E-state index is 0.0124. The van der Waals surface area contributed by atoms with Crippen LogP contribution in [-0.2, 0) is 29.1 Å². The van der Waals surface area contributed by atoms with Crippen molar-refractivity contribution >= 4 is 11.7 Å². The SMILES string of the molecule is CC(=O)C(NC(=O)Cn1nc2n(c1=O)CCCC2)C(C)C. The summed E-state index contributed by atoms with van der Waals surface area (Å²) in [6.45, 7) is 5.71. The van der Waals surface area contributed by atoms with Crippen molar-refractivity contribution in [3.05, 3.63) is 16.3 Å². The first kappa shape index (κ1) is 15.5. The Kier molecular flexibility index (Phi) is 4.59. The summed E-state index contributed by atoms with van der Waals surface area (Å²) in [4.78, 5) is 35.6. The van der Waals surface area contributed by atoms with Crippen molar-refractivity contribution in [1.82, 2.24) is 19.7 Å². The van der Waals surface area contributed by atoms with Gasteiger partial charge in [-0.25, -0.2) is 9.48 Å². The van der Waals surface area contributed by atoms with Crippen LogP contribution in [0.4, 0.5) is 0 Å². The maximum Gasteiger partial charge on any atom is 0.346 e. The smallest absolute Gasteiger partial charge is 0.344 e. The van der Waals surface area contributed by atoms with E-state index in [2.05, 4.69) is 10.4 Å². The van der Waals surface area contributed by atoms with Gasteiger partial charge in [0.2, 0.25) is 5.91 Å². The average molecular weight is 294 g/mol. The fourth-order valence-corrected chi connectivity index (χ4v) is 2.64. The molecule has 1 aliphatic rings. The van der Waals surface area contributed by atoms with E-state index in [0.29, 0.717) is 6.54 Å². The van der Waals surface area contributed by atoms with E-state index in [1.165, 1.54) is 11.6 Å². The van der Waals surface area contributed by atoms with Gasteiger partial charge in [-0.1, -0.05) is 13.8 Å². The lowest BCUT2D eigenvalue weighted by molar-refractivity contribution is -0.128. The third kappa shape index (κ3) is 3.40. The van der Waals surface area contributed by atoms with Gasteiger partial charge in [-0.05, 0) is 25.7 Å². The van der Waals surface area contributed by atoms with Crippen LogP contribution in [0.3, 0.4) is 0 Å². The lowest BCUT2D eigenvalue weighted by atomic mass is 10.0. The van der Waals surface area contributed by atoms with Gasteiger partial charge in [0.15, 0.2) is 5.78 Å². The van der Waals surface area contributed by atoms with Crippen molar-refractivity contribution < 1.29 is 9.59 Å². The molecule has 1 aliphatic heterocycles. The van der Waals surface area contributed by atoms with Crippen molar-refractivity contribution in [2.75, 3.05) is 0 Å². The minimum Gasteiger partial charge on any atom is -0.344 e. The largest absolute Gasteiger partial charge is 0.346 e. The van der Waals surface area contributed by atoms with Crippen LogP contribution in [0.2, 0.25) is 0 Å². The summed E-state index contributed by atoms with van der Waals surface area (Å²) in [6, 6.07) is -0.523. The Hall–Kier alpha value is -1.92. The number of carbonyl (C=O) groups excluding carboxylic acids is 2. The molecule has 0 aliphatic carbocycles. The summed E-state index contributed by atoms with van der Waals surface area (Å²) < 4.78 is 2.81. The average Bonchev–Trinajstić information content (AvgIpc) is 2.73. The van der Waals surface area contributed by atoms with E-state index < -0.39 is 6.04 Å². The van der Waals surface area contributed by atoms with Crippen molar-refractivity contribution in [2.45, 2.75) is 59.2 Å². The molecule has 1 unspecified atom stereocenters. The molecule has 0 radical (unpaired) electrons. The van der Waals surface area contributed by atoms with Crippen molar-refractivity contribution in [3.63, 3.8) is 0 Å². The predicted octanol–water partition coefficient (Wildman–Crippen LogP) is 0.111. The second-order valence-corrected chi connectivity index (χ2v) is 5.87. The standard InChI is InChI=1S/C14H22N4O3/c1-9(2)13(10(3)19)15-12(20)8-18-14(21)17-7-5-4-6-11(17)16-18/h9,13H,4-8H2,1-3H3,(H,15,20). The second-order valence-electron chi connectivity index (χ2n) is 5.87. The van der Waals surface area contributed by atoms with E-state index in [1.807, 2.05) is 13.8 Å². The molecule has 21 heavy (non-hydrogen) atoms. The molecule has 1 amide bonds. The van der Waals surface area contributed by atoms with E-state index >= 15 is 0 Å². The van der Waals surface area contributed by atoms with Gasteiger partial charge in [-0.3, -0.25) is 14.2 Å². The normalized spacial score (nSPS) is 15.6. The lowest BCUT2D eigenvalue weighted by Gasteiger charge is -2.19. The molecular formula is C14H22N4O3. The number of nitrogens with zero attached hydrogens (tertiary/aromatic N) is 3. The Morgan fingerprint density at radius 1 is 1.33 bits per heavy atom. The van der Waals surface area contributed by atoms with E-state index in [4.69, 9.17) is 0 Å². The third-order valence-corrected chi connectivity index (χ3v) is 3.75. The maximum atomic E-state index is 12.1. The molecule has 0 fully saturated rings. The van der Waals surface area contributed by atoms with Crippen molar-refractivity contribution in [2.24, 2.45) is 5.92 Å². The molecule has 1 N–H and O–H groups in total. The van der Waals surface area contributed by atoms with E-state index in [-0.39, 0.29) is 29.8 Å². The Balaban J connectivity index is 2.08. The molecule has 1 aromatic rings. The highest BCUT2D eigenvalue weighted by Crippen LogP contribution is 2.09. The number of hydrogen-bond donors (Lipinski definition) is 1. The highest BCUT2D eigenvalue weighted by molar-refractivity contribution is 5.87. The summed E-state index contributed by atoms with van der Waals surface area (Å²) in [5, 5.41) is 6.88. The van der Waals surface area contributed by atoms with Crippen LogP contribution < -0.4 is 11.0 Å². The van der Waals surface area contributed by atoms with Crippen LogP contribution in [0.1, 0.15) is 39.4 Å². The number of aromatic nitrogens is 3. The molecule has 7 heteroatoms. The Morgan fingerprint density at radius 3 is 2.62 bits per heavy atom. The molecule has 0 spiro atoms. The molecule has 7 nitrogen and oxygen atoms in total. The number of carbonyl (C=O) groups is 2. The van der Waals surface area contributed by atoms with E-state index in [9.17, 15) is 14.4 Å². The summed E-state index contributed by atoms with van der Waals surface area (Å²) in [7, 11) is 0. The van der Waals surface area contributed by atoms with Crippen LogP contribution in [0, 0.1) is 5.92 Å². The number of fused-ring (bicyclic) bond motifs is 1. The van der Waals surface area contributed by atoms with Crippen LogP contribution >= 0.6 is 0 Å². The number of amides is 1. The molecule has 0 saturated carbocycles. The Morgan fingerprint density at radius 2 is 2.05 bits per heavy atom. The first-order chi connectivity index (χ1) is 9.90. The van der Waals surface area contributed by atoms with E-state index in [0.717, 1.165) is 25.1 Å². The number of rotatable bonds is 5. The zero-order valence-electron chi connectivity index (χ0n) is 12.8. The Bertz CT molecular complexity index is 600. The summed E-state index contributed by atoms with van der Waals surface area (Å²) in [5.41, 5.74) is -0.247. The van der Waals surface area contributed by atoms with Gasteiger partial charge in [-0.2, -0.15) is 5.10 Å². The van der Waals surface area contributed by atoms with Crippen molar-refractivity contribution in [3.8, 4) is 0 Å². The number of Topliss-reactive ketones (excluding diaryl/α,β-unsaturated/α-hetero) is 1. The quantitative estimate of drug-likeness (QED) is 0.835. The minimum atomic E-state index is -0.523. The summed E-state index contributed by atoms with van der Waals surface area (Å²) in [5.74, 6) is 0.306. The van der Waals surface area contributed by atoms with Gasteiger partial charge in [0.05, 0.1) is 6.04 Å². The van der Waals surface area contributed by atoms with Gasteiger partial charge in [-0.15, -0.1) is 0 Å². The molecule has 0 saturated heterocycles. The molecule has 1 aromatic heterocycles. The number of aryl methyl sites for hydroxylation is 1. The van der Waals surface area contributed by atoms with E-state index in [1.54, 1.807) is 4.57 Å². The zero-order valence-corrected chi connectivity index (χ0v) is 12.8. The van der Waals surface area contributed by atoms with Gasteiger partial charge in [0.25, 0.3) is 0 Å². The molecule has 0 aromatic carbocycles. The van der Waals surface area contributed by atoms with Crippen LogP contribution in [0.15, 0.2) is 4.79 Å². The predicted molar refractivity (Wildman–Crippen MR) is 76.9 cm³/mol. The maximum absolute atomic E-state index is 12.1. The molecule has 2 heterocycles. The fourth-order valence-electron chi connectivity index (χ4n) is 2.64. The molecule has 1 atom stereocenters. The number of ketones is 1. The Labute approximate surface area is 123 Å². The highest BCUT2D eigenvalue weighted by Gasteiger charge is 2.22. The van der Waals surface area contributed by atoms with Gasteiger partial charge in [0.1, 0.15) is 12.4 Å². The van der Waals surface area contributed by atoms with Gasteiger partial charge < -0.3 is 5.32 Å². The van der Waals surface area contributed by atoms with Crippen LogP contribution in [-0.4, -0.2) is 32.1 Å². The topological polar surface area (TPSA) is 86.0 Å². The lowest BCUT2D eigenvalue weighted by Crippen LogP contribution is -2.45. The zero-order chi connectivity index (χ0) is 15.6. The first-order valence-electron chi connectivity index (χ1n) is 7.36. The van der Waals surface area contributed by atoms with Crippen LogP contribution in [0.5, 0.6) is 0 Å². The fraction of sp³-hybridized carbons (Fsp3) is 0.714. The van der Waals surface area contributed by atoms with Gasteiger partial charge in [0, 0.05) is 13.0 Å². The molecule has 0 bridgehead atoms. The van der Waals surface area contributed by atoms with Crippen LogP contribution in [0.25, 0.3) is 0 Å². The van der Waals surface area contributed by atoms with Gasteiger partial charge >= 0.3 is 5.69 Å². The highest BCUT2D eigenvalue weighted by atomic mass is 16.2. The van der Waals surface area contributed by atoms with Crippen molar-refractivity contribution in [1.29, 1.82) is 0 Å². The molecule has 116 valence electrons. The summed E-state index contributed by atoms with van der Waals surface area (Å²) in [6.07, 6.45) is 2.75. The molecular weight excluding hydrogens is 272 g/mol. The first-order valence-corrected chi connectivity index (χ1v) is 7.36. The number of hydrogen-bond acceptors (Lipinski definition) is 4. The summed E-state index contributed by atoms with van der Waals surface area (Å²) >= 11 is 0. The molecule has 2 rings (SSSR count). The second kappa shape index (κ2) is 6.24.